The summed E-state index contributed by atoms with van der Waals surface area (Å²) in [5, 5.41) is 9.40. The molecule has 2 aliphatic rings. The minimum absolute atomic E-state index is 0.0325. The van der Waals surface area contributed by atoms with Gasteiger partial charge in [-0.3, -0.25) is 9.59 Å². The third-order valence-electron chi connectivity index (χ3n) is 4.91. The van der Waals surface area contributed by atoms with Crippen LogP contribution < -0.4 is 0 Å². The van der Waals surface area contributed by atoms with Gasteiger partial charge in [-0.1, -0.05) is 12.1 Å². The van der Waals surface area contributed by atoms with Crippen LogP contribution in [0, 0.1) is 17.7 Å². The van der Waals surface area contributed by atoms with Crippen molar-refractivity contribution in [3.63, 3.8) is 0 Å². The molecule has 23 heavy (non-hydrogen) atoms. The van der Waals surface area contributed by atoms with Crippen molar-refractivity contribution in [2.24, 2.45) is 11.8 Å². The SMILES string of the molecule is CC(=O)C1CCC(C=CN2Cc3ccc(O)c(F)c3C2=O)CC1. The third kappa shape index (κ3) is 3.00. The molecule has 122 valence electrons. The van der Waals surface area contributed by atoms with Crippen LogP contribution in [0.3, 0.4) is 0 Å². The van der Waals surface area contributed by atoms with Crippen LogP contribution >= 0.6 is 0 Å². The van der Waals surface area contributed by atoms with Crippen molar-refractivity contribution >= 4 is 11.7 Å². The van der Waals surface area contributed by atoms with Crippen molar-refractivity contribution in [3.8, 4) is 5.75 Å². The highest BCUT2D eigenvalue weighted by Crippen LogP contribution is 2.32. The molecule has 0 saturated heterocycles. The molecule has 1 heterocycles. The van der Waals surface area contributed by atoms with Crippen LogP contribution in [0.2, 0.25) is 0 Å². The van der Waals surface area contributed by atoms with E-state index in [1.54, 1.807) is 19.2 Å². The molecular formula is C18H20FNO3. The Hall–Kier alpha value is -2.17. The maximum absolute atomic E-state index is 13.9. The molecule has 1 aromatic rings. The summed E-state index contributed by atoms with van der Waals surface area (Å²) in [6.07, 6.45) is 7.35. The molecule has 1 N–H and O–H groups in total. The third-order valence-corrected chi connectivity index (χ3v) is 4.91. The number of hydrogen-bond donors (Lipinski definition) is 1. The lowest BCUT2D eigenvalue weighted by Crippen LogP contribution is -2.21. The van der Waals surface area contributed by atoms with Crippen LogP contribution in [0.1, 0.15) is 48.5 Å². The summed E-state index contributed by atoms with van der Waals surface area (Å²) in [4.78, 5) is 25.1. The normalized spacial score (nSPS) is 24.3. The molecule has 0 radical (unpaired) electrons. The van der Waals surface area contributed by atoms with E-state index in [9.17, 15) is 19.1 Å². The molecule has 0 spiro atoms. The molecule has 0 atom stereocenters. The Morgan fingerprint density at radius 1 is 1.30 bits per heavy atom. The van der Waals surface area contributed by atoms with Crippen LogP contribution in [0.4, 0.5) is 4.39 Å². The second-order valence-corrected chi connectivity index (χ2v) is 6.43. The highest BCUT2D eigenvalue weighted by atomic mass is 19.1. The molecule has 1 saturated carbocycles. The van der Waals surface area contributed by atoms with E-state index in [0.29, 0.717) is 18.0 Å². The molecule has 5 heteroatoms. The molecule has 0 aromatic heterocycles. The van der Waals surface area contributed by atoms with Gasteiger partial charge >= 0.3 is 0 Å². The largest absolute Gasteiger partial charge is 0.505 e. The van der Waals surface area contributed by atoms with E-state index in [2.05, 4.69) is 0 Å². The number of phenolic OH excluding ortho intramolecular Hbond substituents is 1. The number of amides is 1. The Morgan fingerprint density at radius 3 is 2.65 bits per heavy atom. The summed E-state index contributed by atoms with van der Waals surface area (Å²) in [5.74, 6) is -0.972. The molecule has 4 nitrogen and oxygen atoms in total. The molecule has 1 amide bonds. The molecule has 1 fully saturated rings. The molecule has 1 aliphatic heterocycles. The standard InChI is InChI=1S/C18H20FNO3/c1-11(21)13-4-2-12(3-5-13)8-9-20-10-14-6-7-15(22)17(19)16(14)18(20)23/h6-9,12-13,22H,2-5,10H2,1H3. The van der Waals surface area contributed by atoms with Gasteiger partial charge in [-0.15, -0.1) is 0 Å². The fraction of sp³-hybridized carbons (Fsp3) is 0.444. The predicted octanol–water partition coefficient (Wildman–Crippen LogP) is 3.40. The van der Waals surface area contributed by atoms with E-state index in [0.717, 1.165) is 25.7 Å². The maximum atomic E-state index is 13.9. The number of Topliss-reactive ketones (excluding diaryl/α,β-unsaturated/α-hetero) is 1. The van der Waals surface area contributed by atoms with Gasteiger partial charge in [0, 0.05) is 12.1 Å². The van der Waals surface area contributed by atoms with Gasteiger partial charge in [0.1, 0.15) is 5.78 Å². The van der Waals surface area contributed by atoms with Gasteiger partial charge < -0.3 is 10.0 Å². The van der Waals surface area contributed by atoms with E-state index in [-0.39, 0.29) is 17.3 Å². The van der Waals surface area contributed by atoms with Gasteiger partial charge in [0.2, 0.25) is 0 Å². The van der Waals surface area contributed by atoms with Crippen molar-refractivity contribution in [2.75, 3.05) is 0 Å². The second kappa shape index (κ2) is 6.14. The van der Waals surface area contributed by atoms with Crippen molar-refractivity contribution in [1.29, 1.82) is 0 Å². The smallest absolute Gasteiger partial charge is 0.261 e. The molecule has 0 unspecified atom stereocenters. The number of rotatable bonds is 3. The van der Waals surface area contributed by atoms with Gasteiger partial charge in [-0.25, -0.2) is 4.39 Å². The lowest BCUT2D eigenvalue weighted by atomic mass is 9.80. The van der Waals surface area contributed by atoms with Gasteiger partial charge in [-0.05, 0) is 50.2 Å². The fourth-order valence-corrected chi connectivity index (χ4v) is 3.43. The molecule has 0 bridgehead atoms. The highest BCUT2D eigenvalue weighted by molar-refractivity contribution is 5.99. The number of hydrogen-bond acceptors (Lipinski definition) is 3. The monoisotopic (exact) mass is 317 g/mol. The summed E-state index contributed by atoms with van der Waals surface area (Å²) < 4.78 is 13.9. The predicted molar refractivity (Wildman–Crippen MR) is 83.2 cm³/mol. The Morgan fingerprint density at radius 2 is 2.00 bits per heavy atom. The first-order chi connectivity index (χ1) is 11.0. The summed E-state index contributed by atoms with van der Waals surface area (Å²) in [6.45, 7) is 1.97. The van der Waals surface area contributed by atoms with Gasteiger partial charge in [0.05, 0.1) is 12.1 Å². The number of halogens is 1. The first-order valence-corrected chi connectivity index (χ1v) is 7.97. The zero-order valence-corrected chi connectivity index (χ0v) is 13.1. The Labute approximate surface area is 134 Å². The number of carbonyl (C=O) groups is 2. The number of aromatic hydroxyl groups is 1. The quantitative estimate of drug-likeness (QED) is 0.929. The van der Waals surface area contributed by atoms with Gasteiger partial charge in [0.25, 0.3) is 5.91 Å². The van der Waals surface area contributed by atoms with E-state index < -0.39 is 17.5 Å². The minimum Gasteiger partial charge on any atom is -0.505 e. The molecular weight excluding hydrogens is 297 g/mol. The number of ketones is 1. The summed E-state index contributed by atoms with van der Waals surface area (Å²) >= 11 is 0. The number of allylic oxidation sites excluding steroid dienone is 1. The van der Waals surface area contributed by atoms with Crippen LogP contribution in [-0.2, 0) is 11.3 Å². The number of nitrogens with zero attached hydrogens (tertiary/aromatic N) is 1. The number of fused-ring (bicyclic) bond motifs is 1. The minimum atomic E-state index is -0.842. The van der Waals surface area contributed by atoms with Crippen LogP contribution in [0.15, 0.2) is 24.4 Å². The Kier molecular flexibility index (Phi) is 4.20. The lowest BCUT2D eigenvalue weighted by Gasteiger charge is -2.25. The van der Waals surface area contributed by atoms with E-state index in [1.807, 2.05) is 6.08 Å². The van der Waals surface area contributed by atoms with Crippen LogP contribution in [0.5, 0.6) is 5.75 Å². The number of phenols is 1. The molecule has 1 aromatic carbocycles. The highest BCUT2D eigenvalue weighted by Gasteiger charge is 2.31. The molecule has 3 rings (SSSR count). The summed E-state index contributed by atoms with van der Waals surface area (Å²) in [6, 6.07) is 2.86. The van der Waals surface area contributed by atoms with Crippen LogP contribution in [0.25, 0.3) is 0 Å². The molecule has 1 aliphatic carbocycles. The average molecular weight is 317 g/mol. The zero-order valence-electron chi connectivity index (χ0n) is 13.1. The Bertz CT molecular complexity index is 675. The van der Waals surface area contributed by atoms with Crippen molar-refractivity contribution in [3.05, 3.63) is 41.4 Å². The van der Waals surface area contributed by atoms with Gasteiger partial charge in [0.15, 0.2) is 11.6 Å². The number of carbonyl (C=O) groups excluding carboxylic acids is 2. The summed E-state index contributed by atoms with van der Waals surface area (Å²) in [7, 11) is 0. The number of benzene rings is 1. The lowest BCUT2D eigenvalue weighted by molar-refractivity contribution is -0.121. The average Bonchev–Trinajstić information content (AvgIpc) is 2.86. The van der Waals surface area contributed by atoms with E-state index >= 15 is 0 Å². The van der Waals surface area contributed by atoms with E-state index in [4.69, 9.17) is 0 Å². The fourth-order valence-electron chi connectivity index (χ4n) is 3.43. The maximum Gasteiger partial charge on any atom is 0.261 e. The second-order valence-electron chi connectivity index (χ2n) is 6.43. The Balaban J connectivity index is 1.65. The first-order valence-electron chi connectivity index (χ1n) is 7.97. The topological polar surface area (TPSA) is 57.6 Å². The van der Waals surface area contributed by atoms with Crippen molar-refractivity contribution in [1.82, 2.24) is 4.90 Å². The van der Waals surface area contributed by atoms with Gasteiger partial charge in [-0.2, -0.15) is 0 Å². The van der Waals surface area contributed by atoms with Crippen molar-refractivity contribution < 1.29 is 19.1 Å². The van der Waals surface area contributed by atoms with Crippen molar-refractivity contribution in [2.45, 2.75) is 39.2 Å². The first kappa shape index (κ1) is 15.7. The zero-order chi connectivity index (χ0) is 16.6. The van der Waals surface area contributed by atoms with Crippen LogP contribution in [-0.4, -0.2) is 21.7 Å². The summed E-state index contributed by atoms with van der Waals surface area (Å²) in [5.41, 5.74) is 0.560. The van der Waals surface area contributed by atoms with E-state index in [1.165, 1.54) is 11.0 Å².